The fraction of sp³-hybridized carbons (Fsp3) is 0.280. The number of alkyl halides is 3. The molecule has 1 aliphatic heterocycles. The highest BCUT2D eigenvalue weighted by molar-refractivity contribution is 5.96. The van der Waals surface area contributed by atoms with Gasteiger partial charge in [0, 0.05) is 36.6 Å². The highest BCUT2D eigenvalue weighted by atomic mass is 19.4. The van der Waals surface area contributed by atoms with Gasteiger partial charge >= 0.3 is 6.18 Å². The first-order chi connectivity index (χ1) is 16.1. The van der Waals surface area contributed by atoms with E-state index in [9.17, 15) is 26.7 Å². The van der Waals surface area contributed by atoms with Gasteiger partial charge in [0.1, 0.15) is 17.0 Å². The fourth-order valence-corrected chi connectivity index (χ4v) is 4.36. The average molecular weight is 475 g/mol. The van der Waals surface area contributed by atoms with Crippen LogP contribution >= 0.6 is 0 Å². The predicted octanol–water partition coefficient (Wildman–Crippen LogP) is 5.31. The number of carbonyl (C=O) groups excluding carboxylic acids is 1. The molecule has 34 heavy (non-hydrogen) atoms. The van der Waals surface area contributed by atoms with Crippen molar-refractivity contribution in [2.45, 2.75) is 31.5 Å². The minimum Gasteiger partial charge on any atom is -0.370 e. The van der Waals surface area contributed by atoms with Gasteiger partial charge < -0.3 is 10.2 Å². The van der Waals surface area contributed by atoms with Crippen LogP contribution in [0.25, 0.3) is 0 Å². The van der Waals surface area contributed by atoms with E-state index in [1.54, 1.807) is 43.5 Å². The van der Waals surface area contributed by atoms with E-state index in [0.29, 0.717) is 28.6 Å². The van der Waals surface area contributed by atoms with Crippen LogP contribution in [-0.4, -0.2) is 30.2 Å². The van der Waals surface area contributed by atoms with Crippen LogP contribution in [0.3, 0.4) is 0 Å². The monoisotopic (exact) mass is 475 g/mol. The SMILES string of the molecule is Cc1cc(N2CCC(c3cc(F)cc(F)c3)(C(F)(F)F)C2)ccc1C(=O)NCc1ccccn1. The molecule has 1 unspecified atom stereocenters. The average Bonchev–Trinajstić information content (AvgIpc) is 3.25. The van der Waals surface area contributed by atoms with Gasteiger partial charge in [-0.2, -0.15) is 13.2 Å². The van der Waals surface area contributed by atoms with Gasteiger partial charge in [-0.25, -0.2) is 8.78 Å². The van der Waals surface area contributed by atoms with Crippen molar-refractivity contribution in [2.75, 3.05) is 18.0 Å². The van der Waals surface area contributed by atoms with Crippen LogP contribution < -0.4 is 10.2 Å². The number of nitrogens with zero attached hydrogens (tertiary/aromatic N) is 2. The molecule has 1 saturated heterocycles. The molecule has 2 aromatic carbocycles. The lowest BCUT2D eigenvalue weighted by Gasteiger charge is -2.33. The number of benzene rings is 2. The lowest BCUT2D eigenvalue weighted by atomic mass is 9.79. The van der Waals surface area contributed by atoms with Gasteiger partial charge in [-0.05, 0) is 66.9 Å². The zero-order valence-electron chi connectivity index (χ0n) is 18.3. The molecule has 1 amide bonds. The predicted molar refractivity (Wildman–Crippen MR) is 118 cm³/mol. The first-order valence-corrected chi connectivity index (χ1v) is 10.7. The first-order valence-electron chi connectivity index (χ1n) is 10.7. The highest BCUT2D eigenvalue weighted by Gasteiger charge is 2.59. The van der Waals surface area contributed by atoms with Crippen molar-refractivity contribution in [2.24, 2.45) is 0 Å². The van der Waals surface area contributed by atoms with E-state index < -0.39 is 35.3 Å². The van der Waals surface area contributed by atoms with Crippen LogP contribution in [0.5, 0.6) is 0 Å². The number of pyridine rings is 1. The summed E-state index contributed by atoms with van der Waals surface area (Å²) < 4.78 is 70.1. The van der Waals surface area contributed by atoms with Crippen LogP contribution in [0, 0.1) is 18.6 Å². The second-order valence-electron chi connectivity index (χ2n) is 8.41. The summed E-state index contributed by atoms with van der Waals surface area (Å²) in [6.45, 7) is 1.51. The Labute approximate surface area is 193 Å². The summed E-state index contributed by atoms with van der Waals surface area (Å²) in [4.78, 5) is 18.3. The molecule has 0 spiro atoms. The molecule has 0 saturated carbocycles. The molecular formula is C25H22F5N3O. The maximum Gasteiger partial charge on any atom is 0.400 e. The van der Waals surface area contributed by atoms with E-state index in [1.807, 2.05) is 6.07 Å². The normalized spacial score (nSPS) is 18.2. The number of hydrogen-bond donors (Lipinski definition) is 1. The molecule has 178 valence electrons. The first kappa shape index (κ1) is 23.7. The molecule has 3 aromatic rings. The molecule has 0 bridgehead atoms. The van der Waals surface area contributed by atoms with E-state index >= 15 is 0 Å². The van der Waals surface area contributed by atoms with Gasteiger partial charge in [0.2, 0.25) is 0 Å². The van der Waals surface area contributed by atoms with Gasteiger partial charge in [0.05, 0.1) is 12.2 Å². The van der Waals surface area contributed by atoms with Gasteiger partial charge in [0.15, 0.2) is 0 Å². The Kier molecular flexibility index (Phi) is 6.29. The Balaban J connectivity index is 1.55. The maximum absolute atomic E-state index is 14.2. The summed E-state index contributed by atoms with van der Waals surface area (Å²) in [6.07, 6.45) is -3.43. The Morgan fingerprint density at radius 1 is 1.09 bits per heavy atom. The Bertz CT molecular complexity index is 1180. The van der Waals surface area contributed by atoms with Crippen LogP contribution in [0.4, 0.5) is 27.6 Å². The molecule has 0 radical (unpaired) electrons. The molecular weight excluding hydrogens is 453 g/mol. The van der Waals surface area contributed by atoms with E-state index in [1.165, 1.54) is 4.90 Å². The number of anilines is 1. The third kappa shape index (κ3) is 4.60. The van der Waals surface area contributed by atoms with E-state index in [2.05, 4.69) is 10.3 Å². The largest absolute Gasteiger partial charge is 0.400 e. The number of rotatable bonds is 5. The third-order valence-corrected chi connectivity index (χ3v) is 6.20. The molecule has 9 heteroatoms. The zero-order valence-corrected chi connectivity index (χ0v) is 18.3. The number of carbonyl (C=O) groups is 1. The van der Waals surface area contributed by atoms with Crippen molar-refractivity contribution >= 4 is 11.6 Å². The molecule has 2 heterocycles. The Morgan fingerprint density at radius 3 is 2.44 bits per heavy atom. The van der Waals surface area contributed by atoms with Crippen molar-refractivity contribution in [3.63, 3.8) is 0 Å². The summed E-state index contributed by atoms with van der Waals surface area (Å²) in [5.74, 6) is -2.42. The van der Waals surface area contributed by atoms with E-state index in [0.717, 1.165) is 12.1 Å². The lowest BCUT2D eigenvalue weighted by molar-refractivity contribution is -0.184. The van der Waals surface area contributed by atoms with Gasteiger partial charge in [-0.3, -0.25) is 9.78 Å². The van der Waals surface area contributed by atoms with Crippen LogP contribution in [0.15, 0.2) is 60.8 Å². The van der Waals surface area contributed by atoms with Gasteiger partial charge in [0.25, 0.3) is 5.91 Å². The van der Waals surface area contributed by atoms with Crippen LogP contribution in [-0.2, 0) is 12.0 Å². The number of aromatic nitrogens is 1. The molecule has 1 fully saturated rings. The molecule has 1 N–H and O–H groups in total. The highest BCUT2D eigenvalue weighted by Crippen LogP contribution is 2.48. The molecule has 0 aliphatic carbocycles. The van der Waals surface area contributed by atoms with Crippen molar-refractivity contribution in [3.05, 3.63) is 94.8 Å². The Hall–Kier alpha value is -3.49. The second kappa shape index (κ2) is 9.04. The molecule has 1 atom stereocenters. The lowest BCUT2D eigenvalue weighted by Crippen LogP contribution is -2.45. The fourth-order valence-electron chi connectivity index (χ4n) is 4.36. The molecule has 4 rings (SSSR count). The number of aryl methyl sites for hydroxylation is 1. The van der Waals surface area contributed by atoms with Crippen molar-refractivity contribution in [3.8, 4) is 0 Å². The van der Waals surface area contributed by atoms with E-state index in [4.69, 9.17) is 0 Å². The van der Waals surface area contributed by atoms with Crippen molar-refractivity contribution in [1.82, 2.24) is 10.3 Å². The van der Waals surface area contributed by atoms with Crippen molar-refractivity contribution < 1.29 is 26.7 Å². The minimum absolute atomic E-state index is 0.0440. The number of nitrogens with one attached hydrogen (secondary N) is 1. The summed E-state index contributed by atoms with van der Waals surface area (Å²) in [5, 5.41) is 2.78. The van der Waals surface area contributed by atoms with Gasteiger partial charge in [-0.15, -0.1) is 0 Å². The second-order valence-corrected chi connectivity index (χ2v) is 8.41. The summed E-state index contributed by atoms with van der Waals surface area (Å²) in [5.41, 5.74) is -0.642. The maximum atomic E-state index is 14.2. The standard InChI is InChI=1S/C25H22F5N3O/c1-16-10-21(5-6-22(16)23(34)32-14-20-4-2-3-8-31-20)33-9-7-24(15-33,25(28,29)30)17-11-18(26)13-19(27)12-17/h2-6,8,10-13H,7,9,14-15H2,1H3,(H,32,34). The quantitative estimate of drug-likeness (QED) is 0.509. The summed E-state index contributed by atoms with van der Waals surface area (Å²) in [7, 11) is 0. The molecule has 4 nitrogen and oxygen atoms in total. The summed E-state index contributed by atoms with van der Waals surface area (Å²) in [6, 6.07) is 12.2. The van der Waals surface area contributed by atoms with Crippen LogP contribution in [0.2, 0.25) is 0 Å². The number of amides is 1. The summed E-state index contributed by atoms with van der Waals surface area (Å²) >= 11 is 0. The smallest absolute Gasteiger partial charge is 0.370 e. The van der Waals surface area contributed by atoms with Crippen molar-refractivity contribution in [1.29, 1.82) is 0 Å². The van der Waals surface area contributed by atoms with E-state index in [-0.39, 0.29) is 25.4 Å². The topological polar surface area (TPSA) is 45.2 Å². The third-order valence-electron chi connectivity index (χ3n) is 6.20. The van der Waals surface area contributed by atoms with Crippen LogP contribution in [0.1, 0.15) is 33.6 Å². The molecule has 1 aliphatic rings. The van der Waals surface area contributed by atoms with Gasteiger partial charge in [-0.1, -0.05) is 6.07 Å². The number of hydrogen-bond acceptors (Lipinski definition) is 3. The zero-order chi connectivity index (χ0) is 24.5. The Morgan fingerprint density at radius 2 is 1.82 bits per heavy atom. The minimum atomic E-state index is -4.71. The number of halogens is 5. The molecule has 1 aromatic heterocycles.